The lowest BCUT2D eigenvalue weighted by Crippen LogP contribution is -1.87. The summed E-state index contributed by atoms with van der Waals surface area (Å²) in [7, 11) is 3.19. The van der Waals surface area contributed by atoms with Crippen molar-refractivity contribution < 1.29 is 9.47 Å². The number of hydrogen-bond donors (Lipinski definition) is 0. The van der Waals surface area contributed by atoms with E-state index in [0.29, 0.717) is 17.2 Å². The number of methoxy groups -OCH3 is 2. The second-order valence-corrected chi connectivity index (χ2v) is 3.55. The first kappa shape index (κ1) is 12.1. The van der Waals surface area contributed by atoms with Crippen LogP contribution in [0.15, 0.2) is 58.8 Å². The number of azo groups is 1. The Bertz CT molecular complexity index is 516. The van der Waals surface area contributed by atoms with E-state index in [1.54, 1.807) is 14.2 Å². The summed E-state index contributed by atoms with van der Waals surface area (Å²) >= 11 is 0. The second kappa shape index (κ2) is 5.82. The molecule has 2 aromatic carbocycles. The van der Waals surface area contributed by atoms with Gasteiger partial charge in [0, 0.05) is 0 Å². The third-order valence-corrected chi connectivity index (χ3v) is 2.42. The lowest BCUT2D eigenvalue weighted by Gasteiger charge is -2.07. The maximum Gasteiger partial charge on any atom is 0.169 e. The maximum absolute atomic E-state index is 5.24. The molecule has 0 atom stereocenters. The number of rotatable bonds is 4. The quantitative estimate of drug-likeness (QED) is 0.757. The molecule has 0 unspecified atom stereocenters. The maximum atomic E-state index is 5.24. The van der Waals surface area contributed by atoms with Crippen LogP contribution in [0.5, 0.6) is 11.5 Å². The molecule has 4 heteroatoms. The van der Waals surface area contributed by atoms with E-state index >= 15 is 0 Å². The SMILES string of the molecule is COc1cccc(OC)c1/N=N/c1ccccc1. The Morgan fingerprint density at radius 3 is 1.89 bits per heavy atom. The van der Waals surface area contributed by atoms with Gasteiger partial charge < -0.3 is 9.47 Å². The van der Waals surface area contributed by atoms with E-state index in [4.69, 9.17) is 9.47 Å². The number of benzene rings is 2. The zero-order chi connectivity index (χ0) is 12.8. The molecule has 4 nitrogen and oxygen atoms in total. The van der Waals surface area contributed by atoms with Gasteiger partial charge in [0.2, 0.25) is 0 Å². The molecule has 0 aliphatic heterocycles. The van der Waals surface area contributed by atoms with Crippen LogP contribution in [0.2, 0.25) is 0 Å². The van der Waals surface area contributed by atoms with Crippen molar-refractivity contribution in [3.05, 3.63) is 48.5 Å². The summed E-state index contributed by atoms with van der Waals surface area (Å²) in [5.74, 6) is 1.27. The molecular formula is C14H14N2O2. The van der Waals surface area contributed by atoms with Gasteiger partial charge in [0.1, 0.15) is 11.5 Å². The lowest BCUT2D eigenvalue weighted by molar-refractivity contribution is 0.396. The highest BCUT2D eigenvalue weighted by atomic mass is 16.5. The van der Waals surface area contributed by atoms with Gasteiger partial charge in [0.05, 0.1) is 19.9 Å². The minimum absolute atomic E-state index is 0.589. The predicted octanol–water partition coefficient (Wildman–Crippen LogP) is 4.12. The molecule has 0 bridgehead atoms. The molecule has 2 rings (SSSR count). The van der Waals surface area contributed by atoms with Gasteiger partial charge >= 0.3 is 0 Å². The van der Waals surface area contributed by atoms with Crippen molar-refractivity contribution in [2.24, 2.45) is 10.2 Å². The summed E-state index contributed by atoms with van der Waals surface area (Å²) in [6.07, 6.45) is 0. The molecule has 0 N–H and O–H groups in total. The zero-order valence-corrected chi connectivity index (χ0v) is 10.3. The van der Waals surface area contributed by atoms with Crippen LogP contribution in [-0.4, -0.2) is 14.2 Å². The van der Waals surface area contributed by atoms with Crippen LogP contribution < -0.4 is 9.47 Å². The van der Waals surface area contributed by atoms with E-state index < -0.39 is 0 Å². The molecule has 0 heterocycles. The van der Waals surface area contributed by atoms with Crippen LogP contribution in [0.3, 0.4) is 0 Å². The Morgan fingerprint density at radius 2 is 1.33 bits per heavy atom. The summed E-state index contributed by atoms with van der Waals surface area (Å²) in [5, 5.41) is 8.35. The van der Waals surface area contributed by atoms with Crippen LogP contribution >= 0.6 is 0 Å². The first-order chi connectivity index (χ1) is 8.85. The van der Waals surface area contributed by atoms with Crippen LogP contribution in [0.25, 0.3) is 0 Å². The van der Waals surface area contributed by atoms with Crippen LogP contribution in [0, 0.1) is 0 Å². The highest BCUT2D eigenvalue weighted by molar-refractivity contribution is 5.61. The van der Waals surface area contributed by atoms with Crippen molar-refractivity contribution in [2.75, 3.05) is 14.2 Å². The fourth-order valence-electron chi connectivity index (χ4n) is 1.53. The standard InChI is InChI=1S/C14H14N2O2/c1-17-12-9-6-10-13(18-2)14(12)16-15-11-7-4-3-5-8-11/h3-10H,1-2H3/b16-15+. The van der Waals surface area contributed by atoms with Crippen molar-refractivity contribution in [3.8, 4) is 11.5 Å². The third-order valence-electron chi connectivity index (χ3n) is 2.42. The van der Waals surface area contributed by atoms with E-state index in [9.17, 15) is 0 Å². The monoisotopic (exact) mass is 242 g/mol. The summed E-state index contributed by atoms with van der Waals surface area (Å²) in [4.78, 5) is 0. The van der Waals surface area contributed by atoms with Crippen molar-refractivity contribution in [2.45, 2.75) is 0 Å². The molecule has 0 aliphatic rings. The molecule has 18 heavy (non-hydrogen) atoms. The first-order valence-electron chi connectivity index (χ1n) is 5.53. The Balaban J connectivity index is 2.36. The second-order valence-electron chi connectivity index (χ2n) is 3.55. The summed E-state index contributed by atoms with van der Waals surface area (Å²) < 4.78 is 10.5. The lowest BCUT2D eigenvalue weighted by atomic mass is 10.3. The van der Waals surface area contributed by atoms with Gasteiger partial charge in [0.25, 0.3) is 0 Å². The van der Waals surface area contributed by atoms with Gasteiger partial charge in [-0.25, -0.2) is 0 Å². The molecule has 0 radical (unpaired) electrons. The van der Waals surface area contributed by atoms with Gasteiger partial charge in [-0.2, -0.15) is 5.11 Å². The molecule has 0 saturated carbocycles. The van der Waals surface area contributed by atoms with Gasteiger partial charge in [-0.3, -0.25) is 0 Å². The van der Waals surface area contributed by atoms with Gasteiger partial charge in [0.15, 0.2) is 5.69 Å². The van der Waals surface area contributed by atoms with Crippen LogP contribution in [0.4, 0.5) is 11.4 Å². The van der Waals surface area contributed by atoms with E-state index in [1.807, 2.05) is 48.5 Å². The zero-order valence-electron chi connectivity index (χ0n) is 10.3. The molecule has 0 aliphatic carbocycles. The highest BCUT2D eigenvalue weighted by Gasteiger charge is 2.08. The molecule has 0 saturated heterocycles. The Hall–Kier alpha value is -2.36. The van der Waals surface area contributed by atoms with Crippen LogP contribution in [-0.2, 0) is 0 Å². The van der Waals surface area contributed by atoms with Crippen molar-refractivity contribution in [1.29, 1.82) is 0 Å². The number of nitrogens with zero attached hydrogens (tertiary/aromatic N) is 2. The normalized spacial score (nSPS) is 10.6. The molecule has 0 aromatic heterocycles. The number of ether oxygens (including phenoxy) is 2. The predicted molar refractivity (Wildman–Crippen MR) is 70.2 cm³/mol. The minimum atomic E-state index is 0.589. The van der Waals surface area contributed by atoms with E-state index in [0.717, 1.165) is 5.69 Å². The van der Waals surface area contributed by atoms with E-state index in [2.05, 4.69) is 10.2 Å². The minimum Gasteiger partial charge on any atom is -0.494 e. The molecule has 0 spiro atoms. The fourth-order valence-corrected chi connectivity index (χ4v) is 1.53. The largest absolute Gasteiger partial charge is 0.494 e. The smallest absolute Gasteiger partial charge is 0.169 e. The van der Waals surface area contributed by atoms with Gasteiger partial charge in [-0.05, 0) is 24.3 Å². The van der Waals surface area contributed by atoms with Crippen molar-refractivity contribution in [3.63, 3.8) is 0 Å². The molecule has 92 valence electrons. The summed E-state index contributed by atoms with van der Waals surface area (Å²) in [6.45, 7) is 0. The van der Waals surface area contributed by atoms with E-state index in [-0.39, 0.29) is 0 Å². The van der Waals surface area contributed by atoms with Crippen molar-refractivity contribution >= 4 is 11.4 Å². The first-order valence-corrected chi connectivity index (χ1v) is 5.53. The molecule has 0 amide bonds. The Kier molecular flexibility index (Phi) is 3.91. The average molecular weight is 242 g/mol. The highest BCUT2D eigenvalue weighted by Crippen LogP contribution is 2.37. The number of hydrogen-bond acceptors (Lipinski definition) is 4. The average Bonchev–Trinajstić information content (AvgIpc) is 2.45. The van der Waals surface area contributed by atoms with Crippen LogP contribution in [0.1, 0.15) is 0 Å². The third kappa shape index (κ3) is 2.66. The van der Waals surface area contributed by atoms with E-state index in [1.165, 1.54) is 0 Å². The molecule has 2 aromatic rings. The van der Waals surface area contributed by atoms with Crippen molar-refractivity contribution in [1.82, 2.24) is 0 Å². The topological polar surface area (TPSA) is 43.2 Å². The molecular weight excluding hydrogens is 228 g/mol. The summed E-state index contributed by atoms with van der Waals surface area (Å²) in [6, 6.07) is 15.0. The van der Waals surface area contributed by atoms with Gasteiger partial charge in [-0.15, -0.1) is 5.11 Å². The summed E-state index contributed by atoms with van der Waals surface area (Å²) in [5.41, 5.74) is 1.37. The Labute approximate surface area is 106 Å². The Morgan fingerprint density at radius 1 is 0.722 bits per heavy atom. The van der Waals surface area contributed by atoms with Gasteiger partial charge in [-0.1, -0.05) is 24.3 Å². The fraction of sp³-hybridized carbons (Fsp3) is 0.143. The molecule has 0 fully saturated rings.